The van der Waals surface area contributed by atoms with Gasteiger partial charge < -0.3 is 5.32 Å². The van der Waals surface area contributed by atoms with E-state index in [-0.39, 0.29) is 40.5 Å². The largest absolute Gasteiger partial charge is 0.360 e. The Hall–Kier alpha value is -4.31. The first kappa shape index (κ1) is 26.9. The van der Waals surface area contributed by atoms with Crippen molar-refractivity contribution in [2.75, 3.05) is 11.1 Å². The second kappa shape index (κ2) is 10.6. The maximum Gasteiger partial charge on any atom is 0.295 e. The van der Waals surface area contributed by atoms with Gasteiger partial charge in [-0.05, 0) is 51.2 Å². The van der Waals surface area contributed by atoms with Crippen molar-refractivity contribution >= 4 is 26.8 Å². The molecule has 6 rings (SSSR count). The molecule has 0 saturated heterocycles. The molecule has 4 aromatic heterocycles. The first-order chi connectivity index (χ1) is 19.8. The molecular weight excluding hydrogens is 542 g/mol. The summed E-state index contributed by atoms with van der Waals surface area (Å²) in [5.41, 5.74) is 3.40. The third-order valence-corrected chi connectivity index (χ3v) is 9.56. The topological polar surface area (TPSA) is 169 Å². The van der Waals surface area contributed by atoms with E-state index in [1.807, 2.05) is 6.92 Å². The van der Waals surface area contributed by atoms with Crippen LogP contribution in [0.4, 0.5) is 5.82 Å². The highest BCUT2D eigenvalue weighted by Gasteiger charge is 2.33. The monoisotopic (exact) mass is 571 g/mol. The van der Waals surface area contributed by atoms with E-state index in [0.717, 1.165) is 36.2 Å². The molecule has 2 aliphatic rings. The summed E-state index contributed by atoms with van der Waals surface area (Å²) in [6, 6.07) is 5.13. The van der Waals surface area contributed by atoms with E-state index in [4.69, 9.17) is 4.98 Å². The molecule has 0 bridgehead atoms. The van der Waals surface area contributed by atoms with Gasteiger partial charge in [0.25, 0.3) is 5.56 Å². The van der Waals surface area contributed by atoms with Crippen molar-refractivity contribution in [3.63, 3.8) is 0 Å². The molecule has 0 aliphatic heterocycles. The van der Waals surface area contributed by atoms with Gasteiger partial charge in [-0.2, -0.15) is 5.26 Å². The predicted octanol–water partition coefficient (Wildman–Crippen LogP) is 3.49. The zero-order valence-electron chi connectivity index (χ0n) is 22.8. The third kappa shape index (κ3) is 5.04. The lowest BCUT2D eigenvalue weighted by atomic mass is 10.1. The fourth-order valence-electron chi connectivity index (χ4n) is 5.42. The first-order valence-electron chi connectivity index (χ1n) is 13.7. The Kier molecular flexibility index (Phi) is 6.94. The van der Waals surface area contributed by atoms with E-state index < -0.39 is 9.84 Å². The van der Waals surface area contributed by atoms with Crippen LogP contribution in [-0.4, -0.2) is 48.6 Å². The number of aryl methyl sites for hydroxylation is 1. The van der Waals surface area contributed by atoms with Gasteiger partial charge in [0, 0.05) is 12.1 Å². The number of pyridine rings is 1. The minimum atomic E-state index is -3.36. The smallest absolute Gasteiger partial charge is 0.295 e. The second-order valence-electron chi connectivity index (χ2n) is 10.5. The number of fused-ring (bicyclic) bond motifs is 1. The summed E-state index contributed by atoms with van der Waals surface area (Å²) < 4.78 is 25.8. The minimum absolute atomic E-state index is 0.0137. The first-order valence-corrected chi connectivity index (χ1v) is 15.4. The van der Waals surface area contributed by atoms with Gasteiger partial charge in [-0.3, -0.25) is 14.3 Å². The van der Waals surface area contributed by atoms with Crippen molar-refractivity contribution in [2.24, 2.45) is 5.92 Å². The van der Waals surface area contributed by atoms with E-state index >= 15 is 0 Å². The quantitative estimate of drug-likeness (QED) is 0.328. The standard InChI is InChI=1S/C28H29N9O3S/c1-3-41(39,40)20-10-9-19(30-13-20)12-31-26-28(38)37(22-6-4-5-18(22)11-29)27-21(35-26)14-32-25(36-27)23-16(2)33-15-34-24(23)17-7-8-17/h9-10,13-15,17-18,22H,3-8,12H2,1-2H3,(H,31,35)/t18-,22+/m1/s1. The van der Waals surface area contributed by atoms with Gasteiger partial charge in [0.2, 0.25) is 0 Å². The molecule has 0 spiro atoms. The zero-order valence-corrected chi connectivity index (χ0v) is 23.6. The molecule has 0 radical (unpaired) electrons. The van der Waals surface area contributed by atoms with Crippen LogP contribution in [0.1, 0.15) is 68.1 Å². The molecule has 0 unspecified atom stereocenters. The van der Waals surface area contributed by atoms with Crippen LogP contribution in [0.3, 0.4) is 0 Å². The number of rotatable bonds is 8. The van der Waals surface area contributed by atoms with Crippen molar-refractivity contribution in [1.29, 1.82) is 5.26 Å². The van der Waals surface area contributed by atoms with Crippen LogP contribution in [0, 0.1) is 24.2 Å². The van der Waals surface area contributed by atoms with E-state index in [0.29, 0.717) is 41.4 Å². The molecule has 41 heavy (non-hydrogen) atoms. The highest BCUT2D eigenvalue weighted by atomic mass is 32.2. The fraction of sp³-hybridized carbons (Fsp3) is 0.429. The SMILES string of the molecule is CCS(=O)(=O)c1ccc(CNc2nc3cnc(-c4c(C)ncnc4C4CC4)nc3n([C@H]3CCC[C@@H]3C#N)c2=O)nc1. The van der Waals surface area contributed by atoms with E-state index in [2.05, 4.69) is 36.3 Å². The van der Waals surface area contributed by atoms with E-state index in [1.54, 1.807) is 30.1 Å². The summed E-state index contributed by atoms with van der Waals surface area (Å²) >= 11 is 0. The molecule has 2 fully saturated rings. The summed E-state index contributed by atoms with van der Waals surface area (Å²) in [6.45, 7) is 3.63. The van der Waals surface area contributed by atoms with Gasteiger partial charge >= 0.3 is 0 Å². The number of nitriles is 1. The van der Waals surface area contributed by atoms with Crippen molar-refractivity contribution in [3.8, 4) is 17.5 Å². The van der Waals surface area contributed by atoms with Crippen LogP contribution in [0.15, 0.2) is 40.5 Å². The number of aromatic nitrogens is 7. The summed E-state index contributed by atoms with van der Waals surface area (Å²) in [4.78, 5) is 41.2. The van der Waals surface area contributed by atoms with Gasteiger partial charge in [-0.1, -0.05) is 6.92 Å². The van der Waals surface area contributed by atoms with Gasteiger partial charge in [-0.15, -0.1) is 0 Å². The predicted molar refractivity (Wildman–Crippen MR) is 151 cm³/mol. The number of sulfone groups is 1. The van der Waals surface area contributed by atoms with Crippen molar-refractivity contribution in [1.82, 2.24) is 34.5 Å². The Morgan fingerprint density at radius 1 is 1.07 bits per heavy atom. The lowest BCUT2D eigenvalue weighted by molar-refractivity contribution is 0.447. The minimum Gasteiger partial charge on any atom is -0.360 e. The molecule has 12 nitrogen and oxygen atoms in total. The van der Waals surface area contributed by atoms with Gasteiger partial charge in [0.1, 0.15) is 11.8 Å². The summed E-state index contributed by atoms with van der Waals surface area (Å²) in [7, 11) is -3.36. The fourth-order valence-corrected chi connectivity index (χ4v) is 6.24. The molecule has 2 saturated carbocycles. The van der Waals surface area contributed by atoms with E-state index in [1.165, 1.54) is 12.3 Å². The van der Waals surface area contributed by atoms with Crippen LogP contribution in [-0.2, 0) is 16.4 Å². The number of nitrogens with zero attached hydrogens (tertiary/aromatic N) is 8. The van der Waals surface area contributed by atoms with Crippen molar-refractivity contribution < 1.29 is 8.42 Å². The second-order valence-corrected chi connectivity index (χ2v) is 12.8. The lowest BCUT2D eigenvalue weighted by Crippen LogP contribution is -2.31. The molecule has 210 valence electrons. The van der Waals surface area contributed by atoms with Gasteiger partial charge in [0.05, 0.1) is 64.1 Å². The molecule has 2 atom stereocenters. The summed E-state index contributed by atoms with van der Waals surface area (Å²) in [6.07, 6.45) is 8.78. The maximum absolute atomic E-state index is 13.9. The van der Waals surface area contributed by atoms with Gasteiger partial charge in [-0.25, -0.2) is 33.3 Å². The van der Waals surface area contributed by atoms with Crippen molar-refractivity contribution in [2.45, 2.75) is 69.4 Å². The maximum atomic E-state index is 13.9. The average Bonchev–Trinajstić information content (AvgIpc) is 3.73. The van der Waals surface area contributed by atoms with Crippen LogP contribution in [0.2, 0.25) is 0 Å². The molecule has 0 aromatic carbocycles. The molecule has 1 N–H and O–H groups in total. The van der Waals surface area contributed by atoms with Crippen molar-refractivity contribution in [3.05, 3.63) is 58.3 Å². The lowest BCUT2D eigenvalue weighted by Gasteiger charge is -2.20. The molecule has 4 heterocycles. The Morgan fingerprint density at radius 3 is 2.61 bits per heavy atom. The Morgan fingerprint density at radius 2 is 1.90 bits per heavy atom. The third-order valence-electron chi connectivity index (χ3n) is 7.84. The average molecular weight is 572 g/mol. The molecule has 4 aromatic rings. The highest BCUT2D eigenvalue weighted by Crippen LogP contribution is 2.43. The van der Waals surface area contributed by atoms with Crippen LogP contribution in [0.25, 0.3) is 22.6 Å². The van der Waals surface area contributed by atoms with Crippen LogP contribution in [0.5, 0.6) is 0 Å². The summed E-state index contributed by atoms with van der Waals surface area (Å²) in [5, 5.41) is 12.9. The van der Waals surface area contributed by atoms with E-state index in [9.17, 15) is 18.5 Å². The number of nitrogens with one attached hydrogen (secondary N) is 1. The zero-order chi connectivity index (χ0) is 28.7. The Labute approximate surface area is 236 Å². The van der Waals surface area contributed by atoms with Crippen LogP contribution >= 0.6 is 0 Å². The molecule has 2 aliphatic carbocycles. The Bertz CT molecular complexity index is 1850. The highest BCUT2D eigenvalue weighted by molar-refractivity contribution is 7.91. The molecule has 0 amide bonds. The van der Waals surface area contributed by atoms with Crippen LogP contribution < -0.4 is 10.9 Å². The number of anilines is 1. The normalized spacial score (nSPS) is 18.9. The number of hydrogen-bond acceptors (Lipinski definition) is 11. The molecule has 13 heteroatoms. The molecular formula is C28H29N9O3S. The summed E-state index contributed by atoms with van der Waals surface area (Å²) in [5.74, 6) is 0.525. The number of hydrogen-bond donors (Lipinski definition) is 1. The van der Waals surface area contributed by atoms with Gasteiger partial charge in [0.15, 0.2) is 27.1 Å². The Balaban J connectivity index is 1.42.